The summed E-state index contributed by atoms with van der Waals surface area (Å²) in [5.74, 6) is 2.54. The van der Waals surface area contributed by atoms with Crippen molar-refractivity contribution in [3.05, 3.63) is 0 Å². The number of rotatable bonds is 7. The van der Waals surface area contributed by atoms with Crippen LogP contribution in [0.15, 0.2) is 0 Å². The van der Waals surface area contributed by atoms with Crippen LogP contribution in [0.5, 0.6) is 0 Å². The van der Waals surface area contributed by atoms with Gasteiger partial charge in [-0.05, 0) is 18.6 Å². The van der Waals surface area contributed by atoms with Crippen LogP contribution in [0.4, 0.5) is 0 Å². The second-order valence-electron chi connectivity index (χ2n) is 3.43. The topological polar surface area (TPSA) is 12.5 Å². The molecule has 0 radical (unpaired) electrons. The number of hydrogen-bond donors (Lipinski definition) is 0. The maximum atomic E-state index is 5.52. The standard InChI is InChI=1S/C10H20OS/c1-3-5-7-12-8-10-9(11-10)6-4-2/h9-10H,3-8H2,1-2H3/t9-,10+/m1/s1. The summed E-state index contributed by atoms with van der Waals surface area (Å²) < 4.78 is 5.52. The highest BCUT2D eigenvalue weighted by molar-refractivity contribution is 7.99. The first-order valence-electron chi connectivity index (χ1n) is 5.11. The predicted octanol–water partition coefficient (Wildman–Crippen LogP) is 3.09. The molecule has 2 heteroatoms. The summed E-state index contributed by atoms with van der Waals surface area (Å²) >= 11 is 2.05. The molecule has 1 saturated heterocycles. The smallest absolute Gasteiger partial charge is 0.0931 e. The normalized spacial score (nSPS) is 27.5. The molecule has 0 aromatic heterocycles. The Morgan fingerprint density at radius 1 is 1.17 bits per heavy atom. The van der Waals surface area contributed by atoms with E-state index in [2.05, 4.69) is 25.6 Å². The molecule has 0 spiro atoms. The molecule has 2 atom stereocenters. The van der Waals surface area contributed by atoms with Crippen molar-refractivity contribution in [2.45, 2.75) is 51.7 Å². The summed E-state index contributed by atoms with van der Waals surface area (Å²) in [6.07, 6.45) is 6.42. The van der Waals surface area contributed by atoms with E-state index in [1.54, 1.807) is 0 Å². The Bertz CT molecular complexity index is 116. The Kier molecular flexibility index (Phi) is 5.08. The van der Waals surface area contributed by atoms with E-state index in [9.17, 15) is 0 Å². The molecule has 1 heterocycles. The van der Waals surface area contributed by atoms with Gasteiger partial charge in [-0.2, -0.15) is 11.8 Å². The largest absolute Gasteiger partial charge is 0.369 e. The van der Waals surface area contributed by atoms with Gasteiger partial charge in [0.1, 0.15) is 0 Å². The molecule has 1 nitrogen and oxygen atoms in total. The van der Waals surface area contributed by atoms with Gasteiger partial charge in [-0.1, -0.05) is 26.7 Å². The first kappa shape index (κ1) is 10.4. The van der Waals surface area contributed by atoms with Crippen LogP contribution in [0.3, 0.4) is 0 Å². The van der Waals surface area contributed by atoms with E-state index < -0.39 is 0 Å². The lowest BCUT2D eigenvalue weighted by Crippen LogP contribution is -1.97. The van der Waals surface area contributed by atoms with E-state index in [1.807, 2.05) is 0 Å². The van der Waals surface area contributed by atoms with Crippen LogP contribution < -0.4 is 0 Å². The fraction of sp³-hybridized carbons (Fsp3) is 1.00. The Morgan fingerprint density at radius 2 is 2.00 bits per heavy atom. The van der Waals surface area contributed by atoms with Crippen LogP contribution >= 0.6 is 11.8 Å². The molecule has 1 fully saturated rings. The quantitative estimate of drug-likeness (QED) is 0.450. The van der Waals surface area contributed by atoms with Crippen LogP contribution in [0.1, 0.15) is 39.5 Å². The maximum absolute atomic E-state index is 5.52. The van der Waals surface area contributed by atoms with Gasteiger partial charge in [0.25, 0.3) is 0 Å². The third-order valence-corrected chi connectivity index (χ3v) is 3.33. The molecule has 12 heavy (non-hydrogen) atoms. The number of thioether (sulfide) groups is 1. The minimum Gasteiger partial charge on any atom is -0.369 e. The van der Waals surface area contributed by atoms with E-state index in [4.69, 9.17) is 4.74 Å². The summed E-state index contributed by atoms with van der Waals surface area (Å²) in [4.78, 5) is 0. The third kappa shape index (κ3) is 3.81. The van der Waals surface area contributed by atoms with Gasteiger partial charge in [-0.25, -0.2) is 0 Å². The number of hydrogen-bond acceptors (Lipinski definition) is 2. The minimum absolute atomic E-state index is 0.604. The van der Waals surface area contributed by atoms with Crippen LogP contribution in [-0.2, 0) is 4.74 Å². The first-order valence-corrected chi connectivity index (χ1v) is 6.27. The molecule has 0 bridgehead atoms. The lowest BCUT2D eigenvalue weighted by Gasteiger charge is -1.95. The molecule has 72 valence electrons. The molecule has 1 aliphatic heterocycles. The second kappa shape index (κ2) is 5.87. The van der Waals surface area contributed by atoms with Gasteiger partial charge >= 0.3 is 0 Å². The zero-order chi connectivity index (χ0) is 8.81. The molecule has 0 saturated carbocycles. The van der Waals surface area contributed by atoms with Crippen molar-refractivity contribution in [3.63, 3.8) is 0 Å². The van der Waals surface area contributed by atoms with Crippen LogP contribution in [0.25, 0.3) is 0 Å². The molecule has 1 rings (SSSR count). The lowest BCUT2D eigenvalue weighted by atomic mass is 10.2. The van der Waals surface area contributed by atoms with Crippen molar-refractivity contribution in [1.29, 1.82) is 0 Å². The zero-order valence-electron chi connectivity index (χ0n) is 8.21. The first-order chi connectivity index (χ1) is 5.88. The molecule has 0 amide bonds. The van der Waals surface area contributed by atoms with Crippen molar-refractivity contribution in [1.82, 2.24) is 0 Å². The van der Waals surface area contributed by atoms with Gasteiger partial charge in [0.2, 0.25) is 0 Å². The molecular formula is C10H20OS. The third-order valence-electron chi connectivity index (χ3n) is 2.19. The summed E-state index contributed by atoms with van der Waals surface area (Å²) in [7, 11) is 0. The van der Waals surface area contributed by atoms with Crippen molar-refractivity contribution in [2.24, 2.45) is 0 Å². The fourth-order valence-corrected chi connectivity index (χ4v) is 2.50. The van der Waals surface area contributed by atoms with Crippen LogP contribution in [0.2, 0.25) is 0 Å². The van der Waals surface area contributed by atoms with Gasteiger partial charge in [0, 0.05) is 5.75 Å². The molecule has 0 aromatic carbocycles. The van der Waals surface area contributed by atoms with Crippen molar-refractivity contribution < 1.29 is 4.74 Å². The molecule has 0 unspecified atom stereocenters. The predicted molar refractivity (Wildman–Crippen MR) is 55.8 cm³/mol. The van der Waals surface area contributed by atoms with E-state index in [-0.39, 0.29) is 0 Å². The Morgan fingerprint density at radius 3 is 2.67 bits per heavy atom. The van der Waals surface area contributed by atoms with E-state index >= 15 is 0 Å². The molecule has 0 aliphatic carbocycles. The van der Waals surface area contributed by atoms with Crippen molar-refractivity contribution >= 4 is 11.8 Å². The van der Waals surface area contributed by atoms with E-state index in [0.717, 1.165) is 0 Å². The van der Waals surface area contributed by atoms with Crippen molar-refractivity contribution in [3.8, 4) is 0 Å². The van der Waals surface area contributed by atoms with Gasteiger partial charge < -0.3 is 4.74 Å². The minimum atomic E-state index is 0.604. The molecule has 0 aromatic rings. The summed E-state index contributed by atoms with van der Waals surface area (Å²) in [6.45, 7) is 4.47. The highest BCUT2D eigenvalue weighted by Crippen LogP contribution is 2.29. The number of epoxide rings is 1. The molecule has 1 aliphatic rings. The fourth-order valence-electron chi connectivity index (χ4n) is 1.31. The Labute approximate surface area is 80.3 Å². The summed E-state index contributed by atoms with van der Waals surface area (Å²) in [5.41, 5.74) is 0. The summed E-state index contributed by atoms with van der Waals surface area (Å²) in [5, 5.41) is 0. The highest BCUT2D eigenvalue weighted by Gasteiger charge is 2.36. The van der Waals surface area contributed by atoms with Gasteiger partial charge in [-0.3, -0.25) is 0 Å². The summed E-state index contributed by atoms with van der Waals surface area (Å²) in [6, 6.07) is 0. The maximum Gasteiger partial charge on any atom is 0.0931 e. The van der Waals surface area contributed by atoms with E-state index in [1.165, 1.54) is 37.2 Å². The average molecular weight is 188 g/mol. The Balaban J connectivity index is 1.83. The monoisotopic (exact) mass is 188 g/mol. The van der Waals surface area contributed by atoms with Gasteiger partial charge in [0.15, 0.2) is 0 Å². The number of unbranched alkanes of at least 4 members (excludes halogenated alkanes) is 1. The van der Waals surface area contributed by atoms with Crippen LogP contribution in [0, 0.1) is 0 Å². The van der Waals surface area contributed by atoms with Crippen molar-refractivity contribution in [2.75, 3.05) is 11.5 Å². The average Bonchev–Trinajstić information content (AvgIpc) is 2.79. The lowest BCUT2D eigenvalue weighted by molar-refractivity contribution is 0.371. The number of ether oxygens (including phenoxy) is 1. The molecule has 0 N–H and O–H groups in total. The Hall–Kier alpha value is 0.310. The SMILES string of the molecule is CCCCSC[C@@H]1O[C@@H]1CCC. The second-order valence-corrected chi connectivity index (χ2v) is 4.58. The zero-order valence-corrected chi connectivity index (χ0v) is 9.03. The van der Waals surface area contributed by atoms with Crippen LogP contribution in [-0.4, -0.2) is 23.7 Å². The molecular weight excluding hydrogens is 168 g/mol. The highest BCUT2D eigenvalue weighted by atomic mass is 32.2. The van der Waals surface area contributed by atoms with E-state index in [0.29, 0.717) is 12.2 Å². The van der Waals surface area contributed by atoms with Gasteiger partial charge in [0.05, 0.1) is 12.2 Å². The van der Waals surface area contributed by atoms with Gasteiger partial charge in [-0.15, -0.1) is 0 Å².